The van der Waals surface area contributed by atoms with Crippen LogP contribution in [0.25, 0.3) is 0 Å². The van der Waals surface area contributed by atoms with Crippen molar-refractivity contribution in [3.63, 3.8) is 0 Å². The topological polar surface area (TPSA) is 69.7 Å². The van der Waals surface area contributed by atoms with Gasteiger partial charge in [0.2, 0.25) is 0 Å². The number of furan rings is 1. The van der Waals surface area contributed by atoms with Gasteiger partial charge in [-0.2, -0.15) is 0 Å². The second-order valence-corrected chi connectivity index (χ2v) is 3.34. The van der Waals surface area contributed by atoms with Gasteiger partial charge in [0.15, 0.2) is 6.29 Å². The molecule has 1 unspecified atom stereocenters. The Morgan fingerprint density at radius 3 is 2.50 bits per heavy atom. The Hall–Kier alpha value is -0.880. The standard InChI is InChI=1S/C11H20N2O3/c1-3-14-11(15-4-2)10(13-12)8-9-6-5-7-16-9/h5-7,10-11,13H,3-4,8,12H2,1-2H3. The fourth-order valence-corrected chi connectivity index (χ4v) is 1.49. The second kappa shape index (κ2) is 7.40. The van der Waals surface area contributed by atoms with E-state index in [1.165, 1.54) is 0 Å². The fourth-order valence-electron chi connectivity index (χ4n) is 1.49. The van der Waals surface area contributed by atoms with Gasteiger partial charge < -0.3 is 13.9 Å². The van der Waals surface area contributed by atoms with Crippen molar-refractivity contribution in [2.45, 2.75) is 32.6 Å². The van der Waals surface area contributed by atoms with E-state index >= 15 is 0 Å². The molecule has 1 rings (SSSR count). The largest absolute Gasteiger partial charge is 0.469 e. The normalized spacial score (nSPS) is 13.2. The van der Waals surface area contributed by atoms with Crippen LogP contribution >= 0.6 is 0 Å². The molecule has 0 aromatic carbocycles. The summed E-state index contributed by atoms with van der Waals surface area (Å²) < 4.78 is 16.2. The Morgan fingerprint density at radius 2 is 2.06 bits per heavy atom. The van der Waals surface area contributed by atoms with E-state index in [1.54, 1.807) is 6.26 Å². The van der Waals surface area contributed by atoms with Gasteiger partial charge in [-0.05, 0) is 26.0 Å². The molecule has 1 heterocycles. The first-order valence-electron chi connectivity index (χ1n) is 5.53. The Labute approximate surface area is 95.9 Å². The third-order valence-electron chi connectivity index (χ3n) is 2.21. The third-order valence-corrected chi connectivity index (χ3v) is 2.21. The second-order valence-electron chi connectivity index (χ2n) is 3.34. The van der Waals surface area contributed by atoms with E-state index in [2.05, 4.69) is 5.43 Å². The van der Waals surface area contributed by atoms with E-state index in [0.717, 1.165) is 5.76 Å². The van der Waals surface area contributed by atoms with Crippen molar-refractivity contribution in [2.75, 3.05) is 13.2 Å². The van der Waals surface area contributed by atoms with Gasteiger partial charge in [-0.15, -0.1) is 0 Å². The van der Waals surface area contributed by atoms with Gasteiger partial charge in [0.25, 0.3) is 0 Å². The lowest BCUT2D eigenvalue weighted by Crippen LogP contribution is -2.47. The molecule has 0 spiro atoms. The summed E-state index contributed by atoms with van der Waals surface area (Å²) in [4.78, 5) is 0. The zero-order chi connectivity index (χ0) is 11.8. The summed E-state index contributed by atoms with van der Waals surface area (Å²) in [5, 5.41) is 0. The molecule has 1 aromatic heterocycles. The summed E-state index contributed by atoms with van der Waals surface area (Å²) in [7, 11) is 0. The van der Waals surface area contributed by atoms with Crippen molar-refractivity contribution >= 4 is 0 Å². The number of rotatable bonds is 8. The average molecular weight is 228 g/mol. The van der Waals surface area contributed by atoms with Gasteiger partial charge in [-0.25, -0.2) is 0 Å². The average Bonchev–Trinajstić information content (AvgIpc) is 2.78. The van der Waals surface area contributed by atoms with Crippen LogP contribution in [0, 0.1) is 0 Å². The summed E-state index contributed by atoms with van der Waals surface area (Å²) in [6.45, 7) is 5.01. The Morgan fingerprint density at radius 1 is 1.38 bits per heavy atom. The van der Waals surface area contributed by atoms with Crippen molar-refractivity contribution < 1.29 is 13.9 Å². The fraction of sp³-hybridized carbons (Fsp3) is 0.636. The highest BCUT2D eigenvalue weighted by atomic mass is 16.7. The molecular formula is C11H20N2O3. The van der Waals surface area contributed by atoms with E-state index in [9.17, 15) is 0 Å². The predicted octanol–water partition coefficient (Wildman–Crippen LogP) is 1.05. The molecule has 0 aliphatic carbocycles. The first-order valence-corrected chi connectivity index (χ1v) is 5.53. The minimum absolute atomic E-state index is 0.119. The first-order chi connectivity index (χ1) is 7.81. The van der Waals surface area contributed by atoms with Gasteiger partial charge in [0.05, 0.1) is 12.3 Å². The SMILES string of the molecule is CCOC(OCC)C(Cc1ccco1)NN. The zero-order valence-electron chi connectivity index (χ0n) is 9.81. The molecule has 0 saturated carbocycles. The van der Waals surface area contributed by atoms with Gasteiger partial charge in [-0.3, -0.25) is 11.3 Å². The van der Waals surface area contributed by atoms with Crippen LogP contribution in [0.3, 0.4) is 0 Å². The number of hydrazine groups is 1. The van der Waals surface area contributed by atoms with Crippen LogP contribution in [-0.4, -0.2) is 25.5 Å². The summed E-state index contributed by atoms with van der Waals surface area (Å²) >= 11 is 0. The van der Waals surface area contributed by atoms with Crippen LogP contribution in [0.1, 0.15) is 19.6 Å². The number of hydrogen-bond donors (Lipinski definition) is 2. The van der Waals surface area contributed by atoms with Gasteiger partial charge in [-0.1, -0.05) is 0 Å². The summed E-state index contributed by atoms with van der Waals surface area (Å²) in [6.07, 6.45) is 1.91. The van der Waals surface area contributed by atoms with E-state index < -0.39 is 0 Å². The number of ether oxygens (including phenoxy) is 2. The molecular weight excluding hydrogens is 208 g/mol. The molecule has 1 atom stereocenters. The molecule has 92 valence electrons. The van der Waals surface area contributed by atoms with Crippen molar-refractivity contribution in [2.24, 2.45) is 5.84 Å². The molecule has 1 aromatic rings. The zero-order valence-corrected chi connectivity index (χ0v) is 9.81. The highest BCUT2D eigenvalue weighted by Gasteiger charge is 2.22. The Bertz CT molecular complexity index is 258. The lowest BCUT2D eigenvalue weighted by Gasteiger charge is -2.25. The van der Waals surface area contributed by atoms with E-state index in [4.69, 9.17) is 19.7 Å². The number of hydrogen-bond acceptors (Lipinski definition) is 5. The van der Waals surface area contributed by atoms with Gasteiger partial charge in [0, 0.05) is 19.6 Å². The minimum Gasteiger partial charge on any atom is -0.469 e. The van der Waals surface area contributed by atoms with Crippen molar-refractivity contribution in [1.29, 1.82) is 0 Å². The van der Waals surface area contributed by atoms with Crippen LogP contribution in [0.4, 0.5) is 0 Å². The highest BCUT2D eigenvalue weighted by Crippen LogP contribution is 2.10. The van der Waals surface area contributed by atoms with E-state index in [0.29, 0.717) is 19.6 Å². The Balaban J connectivity index is 2.55. The molecule has 16 heavy (non-hydrogen) atoms. The summed E-state index contributed by atoms with van der Waals surface area (Å²) in [5.74, 6) is 6.35. The van der Waals surface area contributed by atoms with Crippen LogP contribution in [0.2, 0.25) is 0 Å². The first kappa shape index (κ1) is 13.2. The van der Waals surface area contributed by atoms with Crippen LogP contribution < -0.4 is 11.3 Å². The van der Waals surface area contributed by atoms with Crippen molar-refractivity contribution in [3.8, 4) is 0 Å². The van der Waals surface area contributed by atoms with Crippen molar-refractivity contribution in [3.05, 3.63) is 24.2 Å². The van der Waals surface area contributed by atoms with E-state index in [1.807, 2.05) is 26.0 Å². The number of nitrogens with two attached hydrogens (primary N) is 1. The molecule has 0 bridgehead atoms. The molecule has 0 amide bonds. The predicted molar refractivity (Wildman–Crippen MR) is 60.6 cm³/mol. The van der Waals surface area contributed by atoms with Crippen LogP contribution in [-0.2, 0) is 15.9 Å². The molecule has 0 saturated heterocycles. The molecule has 3 N–H and O–H groups in total. The monoisotopic (exact) mass is 228 g/mol. The van der Waals surface area contributed by atoms with E-state index in [-0.39, 0.29) is 12.3 Å². The molecule has 0 radical (unpaired) electrons. The van der Waals surface area contributed by atoms with Crippen molar-refractivity contribution in [1.82, 2.24) is 5.43 Å². The van der Waals surface area contributed by atoms with Crippen LogP contribution in [0.5, 0.6) is 0 Å². The lowest BCUT2D eigenvalue weighted by molar-refractivity contribution is -0.154. The highest BCUT2D eigenvalue weighted by molar-refractivity contribution is 5.00. The van der Waals surface area contributed by atoms with Gasteiger partial charge in [0.1, 0.15) is 5.76 Å². The maximum Gasteiger partial charge on any atom is 0.174 e. The Kier molecular flexibility index (Phi) is 6.10. The molecule has 0 aliphatic heterocycles. The molecule has 5 nitrogen and oxygen atoms in total. The summed E-state index contributed by atoms with van der Waals surface area (Å²) in [6, 6.07) is 3.63. The third kappa shape index (κ3) is 3.94. The van der Waals surface area contributed by atoms with Gasteiger partial charge >= 0.3 is 0 Å². The summed E-state index contributed by atoms with van der Waals surface area (Å²) in [5.41, 5.74) is 2.70. The maximum absolute atomic E-state index is 5.50. The molecule has 0 fully saturated rings. The smallest absolute Gasteiger partial charge is 0.174 e. The van der Waals surface area contributed by atoms with Crippen LogP contribution in [0.15, 0.2) is 22.8 Å². The number of nitrogens with one attached hydrogen (secondary N) is 1. The quantitative estimate of drug-likeness (QED) is 0.395. The molecule has 5 heteroatoms. The molecule has 0 aliphatic rings. The maximum atomic E-state index is 5.50. The minimum atomic E-state index is -0.356. The lowest BCUT2D eigenvalue weighted by atomic mass is 10.1.